The van der Waals surface area contributed by atoms with Gasteiger partial charge in [-0.3, -0.25) is 9.59 Å². The smallest absolute Gasteiger partial charge is 0.289 e. The van der Waals surface area contributed by atoms with Crippen molar-refractivity contribution in [2.75, 3.05) is 13.1 Å². The monoisotopic (exact) mass is 432 g/mol. The van der Waals surface area contributed by atoms with Crippen LogP contribution in [0, 0.1) is 6.92 Å². The van der Waals surface area contributed by atoms with E-state index in [1.165, 1.54) is 4.90 Å². The summed E-state index contributed by atoms with van der Waals surface area (Å²) in [6.45, 7) is 2.85. The van der Waals surface area contributed by atoms with Crippen molar-refractivity contribution >= 4 is 35.0 Å². The van der Waals surface area contributed by atoms with Gasteiger partial charge in [-0.2, -0.15) is 0 Å². The molecule has 2 N–H and O–H groups in total. The molecule has 2 aromatic rings. The van der Waals surface area contributed by atoms with Crippen LogP contribution < -0.4 is 5.32 Å². The van der Waals surface area contributed by atoms with E-state index in [-0.39, 0.29) is 12.1 Å². The number of carbonyl (C=O) groups is 2. The Morgan fingerprint density at radius 3 is 2.48 bits per heavy atom. The van der Waals surface area contributed by atoms with Gasteiger partial charge >= 0.3 is 0 Å². The maximum Gasteiger partial charge on any atom is 0.289 e. The maximum absolute atomic E-state index is 12.4. The van der Waals surface area contributed by atoms with E-state index in [2.05, 4.69) is 5.32 Å². The van der Waals surface area contributed by atoms with E-state index in [4.69, 9.17) is 23.2 Å². The third-order valence-electron chi connectivity index (χ3n) is 4.80. The first-order valence-electron chi connectivity index (χ1n) is 9.34. The fourth-order valence-corrected chi connectivity index (χ4v) is 3.45. The van der Waals surface area contributed by atoms with Crippen molar-refractivity contribution in [3.05, 3.63) is 80.5 Å². The summed E-state index contributed by atoms with van der Waals surface area (Å²) in [5, 5.41) is 13.9. The number of halogens is 2. The van der Waals surface area contributed by atoms with Crippen molar-refractivity contribution in [1.29, 1.82) is 0 Å². The molecule has 152 valence electrons. The molecule has 2 amide bonds. The van der Waals surface area contributed by atoms with Crippen LogP contribution >= 0.6 is 23.2 Å². The van der Waals surface area contributed by atoms with E-state index >= 15 is 0 Å². The molecule has 5 nitrogen and oxygen atoms in total. The second-order valence-corrected chi connectivity index (χ2v) is 7.90. The van der Waals surface area contributed by atoms with E-state index in [0.717, 1.165) is 23.1 Å². The molecule has 0 aromatic heterocycles. The number of aliphatic hydroxyl groups is 1. The molecule has 0 atom stereocenters. The Kier molecular flexibility index (Phi) is 6.83. The molecule has 0 unspecified atom stereocenters. The molecule has 1 heterocycles. The number of aliphatic hydroxyl groups excluding tert-OH is 1. The Hall–Kier alpha value is -2.50. The zero-order valence-corrected chi connectivity index (χ0v) is 17.6. The number of carbonyl (C=O) groups excluding carboxylic acids is 2. The normalized spacial score (nSPS) is 13.9. The lowest BCUT2D eigenvalue weighted by Crippen LogP contribution is -2.30. The Morgan fingerprint density at radius 2 is 1.79 bits per heavy atom. The van der Waals surface area contributed by atoms with Gasteiger partial charge in [-0.05, 0) is 43.0 Å². The molecule has 0 saturated heterocycles. The lowest BCUT2D eigenvalue weighted by Gasteiger charge is -2.16. The van der Waals surface area contributed by atoms with Crippen LogP contribution in [0.5, 0.6) is 0 Å². The highest BCUT2D eigenvalue weighted by atomic mass is 35.5. The third-order valence-corrected chi connectivity index (χ3v) is 5.54. The molecule has 1 aliphatic heterocycles. The summed E-state index contributed by atoms with van der Waals surface area (Å²) in [5.74, 6) is -1.41. The van der Waals surface area contributed by atoms with Crippen LogP contribution in [-0.2, 0) is 22.6 Å². The van der Waals surface area contributed by atoms with Gasteiger partial charge in [0.2, 0.25) is 0 Å². The molecule has 2 aromatic carbocycles. The van der Waals surface area contributed by atoms with Gasteiger partial charge in [-0.1, -0.05) is 59.1 Å². The quantitative estimate of drug-likeness (QED) is 0.643. The second-order valence-electron chi connectivity index (χ2n) is 7.08. The summed E-state index contributed by atoms with van der Waals surface area (Å²) in [6, 6.07) is 13.2. The fraction of sp³-hybridized carbons (Fsp3) is 0.273. The first-order valence-corrected chi connectivity index (χ1v) is 10.1. The molecule has 0 aliphatic carbocycles. The van der Waals surface area contributed by atoms with Crippen molar-refractivity contribution < 1.29 is 14.7 Å². The molecule has 29 heavy (non-hydrogen) atoms. The van der Waals surface area contributed by atoms with Gasteiger partial charge in [-0.15, -0.1) is 0 Å². The Labute approximate surface area is 179 Å². The van der Waals surface area contributed by atoms with E-state index < -0.39 is 17.6 Å². The van der Waals surface area contributed by atoms with Crippen LogP contribution in [0.25, 0.3) is 0 Å². The number of hydrogen-bond donors (Lipinski definition) is 2. The second kappa shape index (κ2) is 9.33. The summed E-state index contributed by atoms with van der Waals surface area (Å²) < 4.78 is 0. The van der Waals surface area contributed by atoms with Gasteiger partial charge < -0.3 is 15.3 Å². The number of hydrogen-bond acceptors (Lipinski definition) is 3. The first kappa shape index (κ1) is 21.2. The van der Waals surface area contributed by atoms with Crippen molar-refractivity contribution in [1.82, 2.24) is 10.2 Å². The highest BCUT2D eigenvalue weighted by Gasteiger charge is 2.33. The molecule has 0 saturated carbocycles. The molecular weight excluding hydrogens is 411 g/mol. The maximum atomic E-state index is 12.4. The van der Waals surface area contributed by atoms with E-state index in [1.54, 1.807) is 12.1 Å². The van der Waals surface area contributed by atoms with Gasteiger partial charge in [0.05, 0.1) is 22.2 Å². The zero-order valence-electron chi connectivity index (χ0n) is 16.0. The third kappa shape index (κ3) is 5.31. The number of amides is 2. The summed E-state index contributed by atoms with van der Waals surface area (Å²) in [6.07, 6.45) is 1.42. The van der Waals surface area contributed by atoms with E-state index in [1.807, 2.05) is 37.3 Å². The summed E-state index contributed by atoms with van der Waals surface area (Å²) in [4.78, 5) is 26.2. The van der Waals surface area contributed by atoms with Crippen LogP contribution in [-0.4, -0.2) is 34.9 Å². The summed E-state index contributed by atoms with van der Waals surface area (Å²) in [7, 11) is 0. The molecule has 3 rings (SSSR count). The van der Waals surface area contributed by atoms with Crippen LogP contribution in [0.4, 0.5) is 0 Å². The minimum atomic E-state index is -0.522. The molecule has 0 spiro atoms. The number of nitrogens with zero attached hydrogens (tertiary/aromatic N) is 1. The predicted molar refractivity (Wildman–Crippen MR) is 114 cm³/mol. The molecule has 7 heteroatoms. The summed E-state index contributed by atoms with van der Waals surface area (Å²) in [5.41, 5.74) is 3.20. The van der Waals surface area contributed by atoms with Crippen molar-refractivity contribution in [2.24, 2.45) is 0 Å². The highest BCUT2D eigenvalue weighted by molar-refractivity contribution is 6.42. The highest BCUT2D eigenvalue weighted by Crippen LogP contribution is 2.23. The van der Waals surface area contributed by atoms with Crippen LogP contribution in [0.2, 0.25) is 10.0 Å². The standard InChI is InChI=1S/C22H22Cl2N2O3/c1-14-4-6-16(7-5-14)12-26-13-17(20(27)22(26)29)21(28)25-10-2-3-15-8-9-18(23)19(24)11-15/h4-9,11,27H,2-3,10,12-13H2,1H3,(H,25,28). The van der Waals surface area contributed by atoms with Crippen molar-refractivity contribution in [2.45, 2.75) is 26.3 Å². The Morgan fingerprint density at radius 1 is 1.10 bits per heavy atom. The lowest BCUT2D eigenvalue weighted by molar-refractivity contribution is -0.128. The first-order chi connectivity index (χ1) is 13.8. The zero-order chi connectivity index (χ0) is 21.0. The van der Waals surface area contributed by atoms with Crippen LogP contribution in [0.1, 0.15) is 23.1 Å². The number of aryl methyl sites for hydroxylation is 2. The minimum Gasteiger partial charge on any atom is -0.503 e. The van der Waals surface area contributed by atoms with Crippen LogP contribution in [0.15, 0.2) is 53.8 Å². The number of nitrogens with one attached hydrogen (secondary N) is 1. The van der Waals surface area contributed by atoms with E-state index in [9.17, 15) is 14.7 Å². The Bertz CT molecular complexity index is 955. The molecule has 0 fully saturated rings. The SMILES string of the molecule is Cc1ccc(CN2CC(C(=O)NCCCc3ccc(Cl)c(Cl)c3)=C(O)C2=O)cc1. The molecule has 1 aliphatic rings. The van der Waals surface area contributed by atoms with Gasteiger partial charge in [0.25, 0.3) is 11.8 Å². The molecular formula is C22H22Cl2N2O3. The van der Waals surface area contributed by atoms with Crippen LogP contribution in [0.3, 0.4) is 0 Å². The Balaban J connectivity index is 1.50. The van der Waals surface area contributed by atoms with Gasteiger partial charge in [0.15, 0.2) is 5.76 Å². The van der Waals surface area contributed by atoms with Gasteiger partial charge in [0, 0.05) is 13.1 Å². The summed E-state index contributed by atoms with van der Waals surface area (Å²) >= 11 is 11.9. The number of benzene rings is 2. The minimum absolute atomic E-state index is 0.0944. The average molecular weight is 433 g/mol. The lowest BCUT2D eigenvalue weighted by atomic mass is 10.1. The van der Waals surface area contributed by atoms with Gasteiger partial charge in [0.1, 0.15) is 0 Å². The largest absolute Gasteiger partial charge is 0.503 e. The number of rotatable bonds is 7. The van der Waals surface area contributed by atoms with Crippen molar-refractivity contribution in [3.8, 4) is 0 Å². The van der Waals surface area contributed by atoms with Crippen molar-refractivity contribution in [3.63, 3.8) is 0 Å². The predicted octanol–water partition coefficient (Wildman–Crippen LogP) is 4.21. The average Bonchev–Trinajstić information content (AvgIpc) is 2.98. The molecule has 0 bridgehead atoms. The van der Waals surface area contributed by atoms with Gasteiger partial charge in [-0.25, -0.2) is 0 Å². The topological polar surface area (TPSA) is 69.6 Å². The van der Waals surface area contributed by atoms with E-state index in [0.29, 0.717) is 29.6 Å². The fourth-order valence-electron chi connectivity index (χ4n) is 3.13. The molecule has 0 radical (unpaired) electrons.